The smallest absolute Gasteiger partial charge is 0.251 e. The van der Waals surface area contributed by atoms with Crippen molar-refractivity contribution < 1.29 is 9.90 Å². The highest BCUT2D eigenvalue weighted by atomic mass is 35.5. The van der Waals surface area contributed by atoms with Crippen LogP contribution in [0.3, 0.4) is 0 Å². The standard InChI is InChI=1S/C12H16ClNO2/c1-8(7-15)6-14-12(16)11-5-10(13)4-3-9(11)2/h3-5,8,15H,6-7H2,1-2H3,(H,14,16). The van der Waals surface area contributed by atoms with Gasteiger partial charge in [0.05, 0.1) is 0 Å². The van der Waals surface area contributed by atoms with Gasteiger partial charge in [-0.25, -0.2) is 0 Å². The molecule has 0 saturated heterocycles. The summed E-state index contributed by atoms with van der Waals surface area (Å²) in [5.74, 6) is -0.0938. The van der Waals surface area contributed by atoms with Gasteiger partial charge in [0.15, 0.2) is 0 Å². The third-order valence-electron chi connectivity index (χ3n) is 2.37. The number of aliphatic hydroxyl groups excluding tert-OH is 1. The van der Waals surface area contributed by atoms with Crippen LogP contribution >= 0.6 is 11.6 Å². The number of aryl methyl sites for hydroxylation is 1. The van der Waals surface area contributed by atoms with E-state index in [1.165, 1.54) is 0 Å². The maximum atomic E-state index is 11.8. The van der Waals surface area contributed by atoms with E-state index in [4.69, 9.17) is 16.7 Å². The summed E-state index contributed by atoms with van der Waals surface area (Å²) in [6.45, 7) is 4.25. The predicted molar refractivity (Wildman–Crippen MR) is 64.8 cm³/mol. The van der Waals surface area contributed by atoms with E-state index in [0.29, 0.717) is 17.1 Å². The molecular formula is C12H16ClNO2. The van der Waals surface area contributed by atoms with E-state index < -0.39 is 0 Å². The molecule has 1 amide bonds. The second-order valence-corrected chi connectivity index (χ2v) is 4.39. The first-order valence-corrected chi connectivity index (χ1v) is 5.57. The van der Waals surface area contributed by atoms with Gasteiger partial charge in [-0.2, -0.15) is 0 Å². The summed E-state index contributed by atoms with van der Waals surface area (Å²) in [4.78, 5) is 11.8. The molecule has 3 nitrogen and oxygen atoms in total. The van der Waals surface area contributed by atoms with Crippen molar-refractivity contribution in [1.82, 2.24) is 5.32 Å². The van der Waals surface area contributed by atoms with Crippen molar-refractivity contribution >= 4 is 17.5 Å². The van der Waals surface area contributed by atoms with E-state index in [1.54, 1.807) is 12.1 Å². The van der Waals surface area contributed by atoms with Crippen LogP contribution in [0.25, 0.3) is 0 Å². The van der Waals surface area contributed by atoms with Gasteiger partial charge < -0.3 is 10.4 Å². The van der Waals surface area contributed by atoms with Crippen LogP contribution in [0.2, 0.25) is 5.02 Å². The van der Waals surface area contributed by atoms with Crippen LogP contribution < -0.4 is 5.32 Å². The number of hydrogen-bond donors (Lipinski definition) is 2. The summed E-state index contributed by atoms with van der Waals surface area (Å²) >= 11 is 5.83. The van der Waals surface area contributed by atoms with Crippen LogP contribution in [0.5, 0.6) is 0 Å². The first kappa shape index (κ1) is 13.0. The van der Waals surface area contributed by atoms with Gasteiger partial charge in [-0.1, -0.05) is 24.6 Å². The maximum Gasteiger partial charge on any atom is 0.251 e. The monoisotopic (exact) mass is 241 g/mol. The average molecular weight is 242 g/mol. The van der Waals surface area contributed by atoms with E-state index in [1.807, 2.05) is 19.9 Å². The van der Waals surface area contributed by atoms with Crippen molar-refractivity contribution in [2.24, 2.45) is 5.92 Å². The molecule has 0 aliphatic heterocycles. The van der Waals surface area contributed by atoms with Crippen LogP contribution in [-0.4, -0.2) is 24.2 Å². The molecule has 0 aliphatic rings. The minimum Gasteiger partial charge on any atom is -0.396 e. The van der Waals surface area contributed by atoms with Crippen LogP contribution in [0.1, 0.15) is 22.8 Å². The Bertz CT molecular complexity index is 379. The highest BCUT2D eigenvalue weighted by Gasteiger charge is 2.10. The largest absolute Gasteiger partial charge is 0.396 e. The fourth-order valence-corrected chi connectivity index (χ4v) is 1.44. The van der Waals surface area contributed by atoms with Crippen LogP contribution in [0.15, 0.2) is 18.2 Å². The van der Waals surface area contributed by atoms with Crippen molar-refractivity contribution in [3.63, 3.8) is 0 Å². The van der Waals surface area contributed by atoms with Gasteiger partial charge in [0, 0.05) is 23.7 Å². The van der Waals surface area contributed by atoms with Gasteiger partial charge in [-0.05, 0) is 30.5 Å². The van der Waals surface area contributed by atoms with Gasteiger partial charge >= 0.3 is 0 Å². The molecule has 0 heterocycles. The number of carbonyl (C=O) groups is 1. The van der Waals surface area contributed by atoms with Crippen molar-refractivity contribution in [3.8, 4) is 0 Å². The number of carbonyl (C=O) groups excluding carboxylic acids is 1. The molecule has 0 bridgehead atoms. The molecule has 0 fully saturated rings. The summed E-state index contributed by atoms with van der Waals surface area (Å²) < 4.78 is 0. The molecule has 1 aromatic rings. The number of rotatable bonds is 4. The number of amides is 1. The van der Waals surface area contributed by atoms with Gasteiger partial charge in [0.1, 0.15) is 0 Å². The zero-order valence-electron chi connectivity index (χ0n) is 9.46. The van der Waals surface area contributed by atoms with Gasteiger partial charge in [0.25, 0.3) is 5.91 Å². The van der Waals surface area contributed by atoms with Crippen molar-refractivity contribution in [2.75, 3.05) is 13.2 Å². The van der Waals surface area contributed by atoms with Gasteiger partial charge in [0.2, 0.25) is 0 Å². The van der Waals surface area contributed by atoms with Crippen LogP contribution in [-0.2, 0) is 0 Å². The quantitative estimate of drug-likeness (QED) is 0.847. The van der Waals surface area contributed by atoms with E-state index in [9.17, 15) is 4.79 Å². The second-order valence-electron chi connectivity index (χ2n) is 3.96. The summed E-state index contributed by atoms with van der Waals surface area (Å²) in [5, 5.41) is 12.2. The Balaban J connectivity index is 2.69. The molecule has 0 saturated carbocycles. The van der Waals surface area contributed by atoms with E-state index in [2.05, 4.69) is 5.32 Å². The Morgan fingerprint density at radius 1 is 1.56 bits per heavy atom. The molecule has 88 valence electrons. The zero-order chi connectivity index (χ0) is 12.1. The first-order valence-electron chi connectivity index (χ1n) is 5.19. The molecule has 0 aliphatic carbocycles. The fraction of sp³-hybridized carbons (Fsp3) is 0.417. The average Bonchev–Trinajstić information content (AvgIpc) is 2.28. The number of nitrogens with one attached hydrogen (secondary N) is 1. The SMILES string of the molecule is Cc1ccc(Cl)cc1C(=O)NCC(C)CO. The normalized spacial score (nSPS) is 12.2. The third-order valence-corrected chi connectivity index (χ3v) is 2.60. The highest BCUT2D eigenvalue weighted by Crippen LogP contribution is 2.15. The van der Waals surface area contributed by atoms with Gasteiger partial charge in [-0.15, -0.1) is 0 Å². The summed E-state index contributed by atoms with van der Waals surface area (Å²) in [6, 6.07) is 5.21. The first-order chi connectivity index (χ1) is 7.54. The van der Waals surface area contributed by atoms with Crippen molar-refractivity contribution in [3.05, 3.63) is 34.3 Å². The highest BCUT2D eigenvalue weighted by molar-refractivity contribution is 6.31. The van der Waals surface area contributed by atoms with E-state index in [-0.39, 0.29) is 18.4 Å². The summed E-state index contributed by atoms with van der Waals surface area (Å²) in [6.07, 6.45) is 0. The molecule has 4 heteroatoms. The van der Waals surface area contributed by atoms with Crippen molar-refractivity contribution in [1.29, 1.82) is 0 Å². The molecule has 1 unspecified atom stereocenters. The Hall–Kier alpha value is -1.06. The van der Waals surface area contributed by atoms with Crippen molar-refractivity contribution in [2.45, 2.75) is 13.8 Å². The lowest BCUT2D eigenvalue weighted by atomic mass is 10.1. The summed E-state index contributed by atoms with van der Waals surface area (Å²) in [7, 11) is 0. The molecule has 1 aromatic carbocycles. The molecule has 0 spiro atoms. The number of hydrogen-bond acceptors (Lipinski definition) is 2. The molecule has 0 aromatic heterocycles. The van der Waals surface area contributed by atoms with Crippen LogP contribution in [0.4, 0.5) is 0 Å². The molecule has 1 rings (SSSR count). The molecular weight excluding hydrogens is 226 g/mol. The Morgan fingerprint density at radius 3 is 2.88 bits per heavy atom. The molecule has 2 N–H and O–H groups in total. The lowest BCUT2D eigenvalue weighted by molar-refractivity contribution is 0.0941. The minimum absolute atomic E-state index is 0.0587. The molecule has 0 radical (unpaired) electrons. The number of benzene rings is 1. The number of aliphatic hydroxyl groups is 1. The Labute approximate surface area is 100 Å². The Kier molecular flexibility index (Phi) is 4.77. The van der Waals surface area contributed by atoms with E-state index in [0.717, 1.165) is 5.56 Å². The fourth-order valence-electron chi connectivity index (χ4n) is 1.27. The topological polar surface area (TPSA) is 49.3 Å². The second kappa shape index (κ2) is 5.87. The lowest BCUT2D eigenvalue weighted by Crippen LogP contribution is -2.30. The minimum atomic E-state index is -0.152. The van der Waals surface area contributed by atoms with Crippen LogP contribution in [0, 0.1) is 12.8 Å². The summed E-state index contributed by atoms with van der Waals surface area (Å²) in [5.41, 5.74) is 1.47. The van der Waals surface area contributed by atoms with Gasteiger partial charge in [-0.3, -0.25) is 4.79 Å². The molecule has 1 atom stereocenters. The molecule has 16 heavy (non-hydrogen) atoms. The maximum absolute atomic E-state index is 11.8. The lowest BCUT2D eigenvalue weighted by Gasteiger charge is -2.11. The third kappa shape index (κ3) is 3.51. The zero-order valence-corrected chi connectivity index (χ0v) is 10.2. The van der Waals surface area contributed by atoms with E-state index >= 15 is 0 Å². The number of halogens is 1. The predicted octanol–water partition coefficient (Wildman–Crippen LogP) is 2.01. The Morgan fingerprint density at radius 2 is 2.25 bits per heavy atom.